The second-order valence-corrected chi connectivity index (χ2v) is 5.19. The Morgan fingerprint density at radius 1 is 1.00 bits per heavy atom. The molecule has 1 heterocycles. The SMILES string of the molecule is O=C(CCCOc1cccc2ccccc12)Nc1ccccn1. The standard InChI is InChI=1S/C19H18N2O2/c22-19(21-18-11-3-4-13-20-18)12-6-14-23-17-10-5-8-15-7-1-2-9-16(15)17/h1-5,7-11,13H,6,12,14H2,(H,20,21,22). The third-order valence-electron chi connectivity index (χ3n) is 3.49. The Kier molecular flexibility index (Phi) is 4.84. The van der Waals surface area contributed by atoms with Gasteiger partial charge in [0.15, 0.2) is 0 Å². The third kappa shape index (κ3) is 4.07. The number of anilines is 1. The minimum absolute atomic E-state index is 0.0507. The Balaban J connectivity index is 1.49. The van der Waals surface area contributed by atoms with Crippen LogP contribution in [0.4, 0.5) is 5.82 Å². The zero-order valence-corrected chi connectivity index (χ0v) is 12.7. The number of benzene rings is 2. The highest BCUT2D eigenvalue weighted by Gasteiger charge is 2.04. The molecule has 0 saturated heterocycles. The number of amides is 1. The van der Waals surface area contributed by atoms with Crippen LogP contribution in [0.3, 0.4) is 0 Å². The molecule has 2 aromatic carbocycles. The van der Waals surface area contributed by atoms with Crippen LogP contribution in [-0.2, 0) is 4.79 Å². The quantitative estimate of drug-likeness (QED) is 0.699. The zero-order valence-electron chi connectivity index (χ0n) is 12.7. The number of hydrogen-bond donors (Lipinski definition) is 1. The van der Waals surface area contributed by atoms with Crippen molar-refractivity contribution in [2.24, 2.45) is 0 Å². The average Bonchev–Trinajstić information content (AvgIpc) is 2.60. The van der Waals surface area contributed by atoms with Gasteiger partial charge in [0.1, 0.15) is 11.6 Å². The average molecular weight is 306 g/mol. The number of hydrogen-bond acceptors (Lipinski definition) is 3. The first-order valence-electron chi connectivity index (χ1n) is 7.64. The summed E-state index contributed by atoms with van der Waals surface area (Å²) < 4.78 is 5.82. The highest BCUT2D eigenvalue weighted by molar-refractivity contribution is 5.89. The van der Waals surface area contributed by atoms with Gasteiger partial charge in [-0.2, -0.15) is 0 Å². The van der Waals surface area contributed by atoms with Gasteiger partial charge in [-0.15, -0.1) is 0 Å². The van der Waals surface area contributed by atoms with E-state index in [0.29, 0.717) is 25.3 Å². The number of nitrogens with zero attached hydrogens (tertiary/aromatic N) is 1. The first-order valence-corrected chi connectivity index (χ1v) is 7.64. The van der Waals surface area contributed by atoms with E-state index in [-0.39, 0.29) is 5.91 Å². The normalized spacial score (nSPS) is 10.4. The van der Waals surface area contributed by atoms with Crippen LogP contribution in [0.2, 0.25) is 0 Å². The summed E-state index contributed by atoms with van der Waals surface area (Å²) in [7, 11) is 0. The Bertz CT molecular complexity index is 782. The van der Waals surface area contributed by atoms with Gasteiger partial charge in [-0.1, -0.05) is 42.5 Å². The molecule has 0 fully saturated rings. The van der Waals surface area contributed by atoms with Crippen molar-refractivity contribution in [2.75, 3.05) is 11.9 Å². The van der Waals surface area contributed by atoms with Crippen LogP contribution in [0.25, 0.3) is 10.8 Å². The first-order chi connectivity index (χ1) is 11.3. The molecule has 3 aromatic rings. The van der Waals surface area contributed by atoms with Gasteiger partial charge >= 0.3 is 0 Å². The summed E-state index contributed by atoms with van der Waals surface area (Å²) in [4.78, 5) is 15.9. The maximum Gasteiger partial charge on any atom is 0.225 e. The summed E-state index contributed by atoms with van der Waals surface area (Å²) >= 11 is 0. The summed E-state index contributed by atoms with van der Waals surface area (Å²) in [6.45, 7) is 0.504. The van der Waals surface area contributed by atoms with Gasteiger partial charge in [0.05, 0.1) is 6.61 Å². The molecule has 0 spiro atoms. The third-order valence-corrected chi connectivity index (χ3v) is 3.49. The van der Waals surface area contributed by atoms with Crippen molar-refractivity contribution in [3.63, 3.8) is 0 Å². The van der Waals surface area contributed by atoms with E-state index >= 15 is 0 Å². The molecule has 0 radical (unpaired) electrons. The maximum atomic E-state index is 11.8. The van der Waals surface area contributed by atoms with Crippen molar-refractivity contribution in [2.45, 2.75) is 12.8 Å². The van der Waals surface area contributed by atoms with Gasteiger partial charge in [-0.25, -0.2) is 4.98 Å². The number of rotatable bonds is 6. The molecule has 4 heteroatoms. The number of carbonyl (C=O) groups excluding carboxylic acids is 1. The van der Waals surface area contributed by atoms with E-state index in [1.807, 2.05) is 42.5 Å². The zero-order chi connectivity index (χ0) is 15.9. The minimum atomic E-state index is -0.0507. The van der Waals surface area contributed by atoms with Crippen LogP contribution < -0.4 is 10.1 Å². The van der Waals surface area contributed by atoms with Gasteiger partial charge in [-0.05, 0) is 30.0 Å². The van der Waals surface area contributed by atoms with E-state index in [2.05, 4.69) is 22.4 Å². The van der Waals surface area contributed by atoms with Gasteiger partial charge in [0.2, 0.25) is 5.91 Å². The lowest BCUT2D eigenvalue weighted by Crippen LogP contribution is -2.13. The Labute approximate surface area is 135 Å². The van der Waals surface area contributed by atoms with Crippen molar-refractivity contribution >= 4 is 22.5 Å². The molecule has 23 heavy (non-hydrogen) atoms. The van der Waals surface area contributed by atoms with Crippen molar-refractivity contribution in [1.29, 1.82) is 0 Å². The van der Waals surface area contributed by atoms with Crippen LogP contribution >= 0.6 is 0 Å². The van der Waals surface area contributed by atoms with Crippen molar-refractivity contribution in [3.05, 3.63) is 66.9 Å². The topological polar surface area (TPSA) is 51.2 Å². The van der Waals surface area contributed by atoms with E-state index in [1.54, 1.807) is 12.3 Å². The molecule has 0 aliphatic rings. The molecule has 0 aliphatic heterocycles. The molecule has 1 amide bonds. The predicted octanol–water partition coefficient (Wildman–Crippen LogP) is 4.03. The fourth-order valence-electron chi connectivity index (χ4n) is 2.38. The van der Waals surface area contributed by atoms with Crippen LogP contribution in [0.5, 0.6) is 5.75 Å². The van der Waals surface area contributed by atoms with E-state index < -0.39 is 0 Å². The minimum Gasteiger partial charge on any atom is -0.493 e. The smallest absolute Gasteiger partial charge is 0.225 e. The van der Waals surface area contributed by atoms with Crippen LogP contribution in [0.15, 0.2) is 66.9 Å². The molecule has 0 bridgehead atoms. The van der Waals surface area contributed by atoms with E-state index in [1.165, 1.54) is 0 Å². The second-order valence-electron chi connectivity index (χ2n) is 5.19. The van der Waals surface area contributed by atoms with Crippen molar-refractivity contribution < 1.29 is 9.53 Å². The first kappa shape index (κ1) is 15.0. The Morgan fingerprint density at radius 3 is 2.70 bits per heavy atom. The summed E-state index contributed by atoms with van der Waals surface area (Å²) in [5.74, 6) is 1.38. The summed E-state index contributed by atoms with van der Waals surface area (Å²) in [5.41, 5.74) is 0. The largest absolute Gasteiger partial charge is 0.493 e. The van der Waals surface area contributed by atoms with Gasteiger partial charge < -0.3 is 10.1 Å². The van der Waals surface area contributed by atoms with E-state index in [0.717, 1.165) is 16.5 Å². The molecule has 3 rings (SSSR count). The summed E-state index contributed by atoms with van der Waals surface area (Å²) in [6.07, 6.45) is 2.71. The van der Waals surface area contributed by atoms with Gasteiger partial charge in [-0.3, -0.25) is 4.79 Å². The number of fused-ring (bicyclic) bond motifs is 1. The molecular weight excluding hydrogens is 288 g/mol. The second kappa shape index (κ2) is 7.40. The van der Waals surface area contributed by atoms with E-state index in [4.69, 9.17) is 4.74 Å². The number of ether oxygens (including phenoxy) is 1. The molecular formula is C19H18N2O2. The number of carbonyl (C=O) groups is 1. The van der Waals surface area contributed by atoms with Gasteiger partial charge in [0.25, 0.3) is 0 Å². The van der Waals surface area contributed by atoms with Crippen molar-refractivity contribution in [3.8, 4) is 5.75 Å². The molecule has 116 valence electrons. The molecule has 0 saturated carbocycles. The summed E-state index contributed by atoms with van der Waals surface area (Å²) in [5, 5.41) is 5.01. The maximum absolute atomic E-state index is 11.8. The predicted molar refractivity (Wildman–Crippen MR) is 91.5 cm³/mol. The van der Waals surface area contributed by atoms with Crippen LogP contribution in [0.1, 0.15) is 12.8 Å². The molecule has 1 N–H and O–H groups in total. The number of aromatic nitrogens is 1. The Hall–Kier alpha value is -2.88. The highest BCUT2D eigenvalue weighted by atomic mass is 16.5. The molecule has 0 unspecified atom stereocenters. The highest BCUT2D eigenvalue weighted by Crippen LogP contribution is 2.25. The number of nitrogens with one attached hydrogen (secondary N) is 1. The van der Waals surface area contributed by atoms with Gasteiger partial charge in [0, 0.05) is 18.0 Å². The Morgan fingerprint density at radius 2 is 1.83 bits per heavy atom. The van der Waals surface area contributed by atoms with Crippen LogP contribution in [-0.4, -0.2) is 17.5 Å². The fourth-order valence-corrected chi connectivity index (χ4v) is 2.38. The lowest BCUT2D eigenvalue weighted by Gasteiger charge is -2.09. The lowest BCUT2D eigenvalue weighted by atomic mass is 10.1. The lowest BCUT2D eigenvalue weighted by molar-refractivity contribution is -0.116. The molecule has 4 nitrogen and oxygen atoms in total. The molecule has 1 aromatic heterocycles. The fraction of sp³-hybridized carbons (Fsp3) is 0.158. The molecule has 0 atom stereocenters. The van der Waals surface area contributed by atoms with Crippen LogP contribution in [0, 0.1) is 0 Å². The van der Waals surface area contributed by atoms with Crippen molar-refractivity contribution in [1.82, 2.24) is 4.98 Å². The number of pyridine rings is 1. The van der Waals surface area contributed by atoms with E-state index in [9.17, 15) is 4.79 Å². The monoisotopic (exact) mass is 306 g/mol. The molecule has 0 aliphatic carbocycles. The summed E-state index contributed by atoms with van der Waals surface area (Å²) in [6, 6.07) is 19.5.